The molecule has 6 aromatic rings. The first-order chi connectivity index (χ1) is 20.9. The molecule has 0 saturated heterocycles. The number of pyridine rings is 2. The quantitative estimate of drug-likeness (QED) is 0.207. The lowest BCUT2D eigenvalue weighted by atomic mass is 10.1. The Kier molecular flexibility index (Phi) is 7.40. The van der Waals surface area contributed by atoms with E-state index in [1.807, 2.05) is 0 Å². The molecule has 0 aliphatic heterocycles. The number of methoxy groups -OCH3 is 2. The first-order valence-corrected chi connectivity index (χ1v) is 13.4. The number of amides is 1. The normalized spacial score (nSPS) is 11.0. The van der Waals surface area contributed by atoms with Gasteiger partial charge in [-0.1, -0.05) is 23.7 Å². The topological polar surface area (TPSA) is 91.7 Å². The SMILES string of the molecule is COc1cc2nccc(Oc3ccc(NC(=O)c4cn(-c5ccc(F)c(Cl)c5)c5ccccc5c4=O)cc3)c2cc1OC. The van der Waals surface area contributed by atoms with Gasteiger partial charge in [0.25, 0.3) is 5.91 Å². The van der Waals surface area contributed by atoms with Crippen LogP contribution in [-0.2, 0) is 0 Å². The molecule has 10 heteroatoms. The molecular weight excluding hydrogens is 573 g/mol. The van der Waals surface area contributed by atoms with Crippen LogP contribution in [0.4, 0.5) is 10.1 Å². The third kappa shape index (κ3) is 5.33. The Labute approximate surface area is 249 Å². The Morgan fingerprint density at radius 2 is 1.63 bits per heavy atom. The molecule has 0 aliphatic carbocycles. The van der Waals surface area contributed by atoms with Gasteiger partial charge in [0, 0.05) is 40.6 Å². The molecule has 8 nitrogen and oxygen atoms in total. The van der Waals surface area contributed by atoms with E-state index in [0.29, 0.717) is 50.8 Å². The molecule has 0 unspecified atom stereocenters. The van der Waals surface area contributed by atoms with E-state index in [9.17, 15) is 14.0 Å². The average molecular weight is 596 g/mol. The Morgan fingerprint density at radius 3 is 2.37 bits per heavy atom. The van der Waals surface area contributed by atoms with E-state index in [2.05, 4.69) is 10.3 Å². The van der Waals surface area contributed by atoms with Crippen molar-refractivity contribution >= 4 is 45.0 Å². The first-order valence-electron chi connectivity index (χ1n) is 13.1. The molecule has 0 bridgehead atoms. The summed E-state index contributed by atoms with van der Waals surface area (Å²) in [5, 5.41) is 3.76. The largest absolute Gasteiger partial charge is 0.493 e. The summed E-state index contributed by atoms with van der Waals surface area (Å²) in [5.41, 5.74) is 1.64. The average Bonchev–Trinajstić information content (AvgIpc) is 3.03. The van der Waals surface area contributed by atoms with E-state index in [-0.39, 0.29) is 10.6 Å². The summed E-state index contributed by atoms with van der Waals surface area (Å²) >= 11 is 6.02. The smallest absolute Gasteiger partial charge is 0.261 e. The molecule has 43 heavy (non-hydrogen) atoms. The second-order valence-electron chi connectivity index (χ2n) is 9.47. The minimum absolute atomic E-state index is 0.0766. The van der Waals surface area contributed by atoms with Crippen molar-refractivity contribution in [1.82, 2.24) is 9.55 Å². The van der Waals surface area contributed by atoms with E-state index in [0.717, 1.165) is 5.39 Å². The van der Waals surface area contributed by atoms with Crippen molar-refractivity contribution in [2.45, 2.75) is 0 Å². The van der Waals surface area contributed by atoms with Crippen LogP contribution in [-0.4, -0.2) is 29.7 Å². The highest BCUT2D eigenvalue weighted by atomic mass is 35.5. The van der Waals surface area contributed by atoms with Crippen LogP contribution in [0.25, 0.3) is 27.5 Å². The third-order valence-corrected chi connectivity index (χ3v) is 7.17. The van der Waals surface area contributed by atoms with Crippen LogP contribution in [0.15, 0.2) is 102 Å². The zero-order valence-electron chi connectivity index (χ0n) is 22.9. The van der Waals surface area contributed by atoms with Crippen LogP contribution in [0.1, 0.15) is 10.4 Å². The van der Waals surface area contributed by atoms with Gasteiger partial charge in [0.2, 0.25) is 5.43 Å². The minimum atomic E-state index is -0.604. The molecule has 1 amide bonds. The molecule has 2 aromatic heterocycles. The summed E-state index contributed by atoms with van der Waals surface area (Å²) in [6.07, 6.45) is 3.06. The van der Waals surface area contributed by atoms with Crippen molar-refractivity contribution in [3.63, 3.8) is 0 Å². The second kappa shape index (κ2) is 11.5. The number of ether oxygens (including phenoxy) is 3. The van der Waals surface area contributed by atoms with E-state index < -0.39 is 17.2 Å². The Bertz CT molecular complexity index is 2080. The fraction of sp³-hybridized carbons (Fsp3) is 0.0606. The molecule has 0 radical (unpaired) electrons. The number of carbonyl (C=O) groups is 1. The maximum Gasteiger partial charge on any atom is 0.261 e. The fourth-order valence-corrected chi connectivity index (χ4v) is 4.93. The van der Waals surface area contributed by atoms with Gasteiger partial charge in [0.05, 0.1) is 30.3 Å². The highest BCUT2D eigenvalue weighted by Gasteiger charge is 2.17. The van der Waals surface area contributed by atoms with Crippen LogP contribution in [0.2, 0.25) is 5.02 Å². The van der Waals surface area contributed by atoms with Crippen LogP contribution in [0, 0.1) is 5.82 Å². The molecule has 0 atom stereocenters. The molecule has 214 valence electrons. The van der Waals surface area contributed by atoms with Gasteiger partial charge in [-0.05, 0) is 66.7 Å². The number of nitrogens with zero attached hydrogens (tertiary/aromatic N) is 2. The third-order valence-electron chi connectivity index (χ3n) is 6.88. The van der Waals surface area contributed by atoms with Crippen molar-refractivity contribution in [1.29, 1.82) is 0 Å². The van der Waals surface area contributed by atoms with Gasteiger partial charge in [0.1, 0.15) is 22.9 Å². The summed E-state index contributed by atoms with van der Waals surface area (Å²) in [4.78, 5) is 31.0. The highest BCUT2D eigenvalue weighted by Crippen LogP contribution is 2.37. The summed E-state index contributed by atoms with van der Waals surface area (Å²) in [7, 11) is 3.11. The summed E-state index contributed by atoms with van der Waals surface area (Å²) in [6.45, 7) is 0. The number of hydrogen-bond acceptors (Lipinski definition) is 6. The Morgan fingerprint density at radius 1 is 0.884 bits per heavy atom. The van der Waals surface area contributed by atoms with E-state index in [1.165, 1.54) is 24.4 Å². The minimum Gasteiger partial charge on any atom is -0.493 e. The lowest BCUT2D eigenvalue weighted by Crippen LogP contribution is -2.23. The van der Waals surface area contributed by atoms with Gasteiger partial charge in [0.15, 0.2) is 11.5 Å². The van der Waals surface area contributed by atoms with Gasteiger partial charge in [-0.2, -0.15) is 0 Å². The lowest BCUT2D eigenvalue weighted by Gasteiger charge is -2.14. The molecule has 0 aliphatic rings. The maximum absolute atomic E-state index is 13.8. The van der Waals surface area contributed by atoms with Gasteiger partial charge >= 0.3 is 0 Å². The number of fused-ring (bicyclic) bond motifs is 2. The number of anilines is 1. The second-order valence-corrected chi connectivity index (χ2v) is 9.88. The van der Waals surface area contributed by atoms with Crippen LogP contribution < -0.4 is 25.0 Å². The van der Waals surface area contributed by atoms with E-state index in [4.69, 9.17) is 25.8 Å². The predicted molar refractivity (Wildman–Crippen MR) is 164 cm³/mol. The Hall–Kier alpha value is -5.41. The van der Waals surface area contributed by atoms with Crippen molar-refractivity contribution in [3.05, 3.63) is 124 Å². The van der Waals surface area contributed by atoms with Crippen molar-refractivity contribution in [3.8, 4) is 28.7 Å². The maximum atomic E-state index is 13.8. The van der Waals surface area contributed by atoms with Crippen LogP contribution in [0.5, 0.6) is 23.0 Å². The number of carbonyl (C=O) groups excluding carboxylic acids is 1. The monoisotopic (exact) mass is 595 g/mol. The Balaban J connectivity index is 1.28. The molecule has 2 heterocycles. The number of rotatable bonds is 7. The first kappa shape index (κ1) is 27.7. The fourth-order valence-electron chi connectivity index (χ4n) is 4.76. The van der Waals surface area contributed by atoms with Gasteiger partial charge in [-0.15, -0.1) is 0 Å². The highest BCUT2D eigenvalue weighted by molar-refractivity contribution is 6.30. The number of hydrogen-bond donors (Lipinski definition) is 1. The summed E-state index contributed by atoms with van der Waals surface area (Å²) < 4.78 is 32.4. The number of halogens is 2. The molecule has 0 fully saturated rings. The number of aromatic nitrogens is 2. The van der Waals surface area contributed by atoms with Crippen LogP contribution >= 0.6 is 11.6 Å². The molecule has 4 aromatic carbocycles. The molecule has 6 rings (SSSR count). The summed E-state index contributed by atoms with van der Waals surface area (Å²) in [5.74, 6) is 0.994. The lowest BCUT2D eigenvalue weighted by molar-refractivity contribution is 0.102. The molecular formula is C33H23ClFN3O5. The predicted octanol–water partition coefficient (Wildman–Crippen LogP) is 7.39. The molecule has 0 spiro atoms. The van der Waals surface area contributed by atoms with Crippen molar-refractivity contribution < 1.29 is 23.4 Å². The van der Waals surface area contributed by atoms with Gasteiger partial charge in [-0.3, -0.25) is 14.6 Å². The van der Waals surface area contributed by atoms with Crippen molar-refractivity contribution in [2.75, 3.05) is 19.5 Å². The number of benzene rings is 4. The molecule has 1 N–H and O–H groups in total. The number of para-hydroxylation sites is 1. The van der Waals surface area contributed by atoms with Gasteiger partial charge in [-0.25, -0.2) is 4.39 Å². The zero-order valence-corrected chi connectivity index (χ0v) is 23.7. The zero-order chi connectivity index (χ0) is 30.1. The van der Waals surface area contributed by atoms with Crippen LogP contribution in [0.3, 0.4) is 0 Å². The standard InChI is InChI=1S/C33H23ClFN3O5/c1-41-30-16-23-27(17-31(30)42-2)36-14-13-29(23)43-21-10-7-19(8-11-21)37-33(40)24-18-38(20-9-12-26(35)25(34)15-20)28-6-4-3-5-22(28)32(24)39/h3-18H,1-2H3,(H,37,40). The van der Waals surface area contributed by atoms with Gasteiger partial charge < -0.3 is 24.1 Å². The van der Waals surface area contributed by atoms with E-state index in [1.54, 1.807) is 91.7 Å². The summed E-state index contributed by atoms with van der Waals surface area (Å²) in [6, 6.07) is 23.1. The number of nitrogens with one attached hydrogen (secondary N) is 1. The molecule has 0 saturated carbocycles. The van der Waals surface area contributed by atoms with E-state index >= 15 is 0 Å². The van der Waals surface area contributed by atoms with Crippen molar-refractivity contribution in [2.24, 2.45) is 0 Å².